The number of fused-ring (bicyclic) bond motifs is 1. The van der Waals surface area contributed by atoms with E-state index in [4.69, 9.17) is 9.26 Å². The standard InChI is InChI=1S/C29H37N3O7S/c1-6-18-14-29(18,27(35)31-40(36,37)20-11-12-20)15-23(33)22-13-19(16-32(22)26(34)17(2)28(3,4)5)38-25-21-9-7-8-10-24(21)39-30-25/h6-10,17-20,22H,1,11-16H2,2-5H3,(H,31,35)/t17-,18?,19-,22+,29-/m1/s1. The molecule has 1 unspecified atom stereocenters. The van der Waals surface area contributed by atoms with E-state index in [2.05, 4.69) is 16.5 Å². The molecule has 3 aliphatic rings. The molecule has 1 saturated heterocycles. The third-order valence-corrected chi connectivity index (χ3v) is 10.6. The van der Waals surface area contributed by atoms with Crippen LogP contribution in [0.25, 0.3) is 11.0 Å². The molecule has 5 atom stereocenters. The van der Waals surface area contributed by atoms with E-state index in [1.165, 1.54) is 0 Å². The van der Waals surface area contributed by atoms with Crippen LogP contribution in [0.2, 0.25) is 0 Å². The third-order valence-electron chi connectivity index (χ3n) is 8.77. The largest absolute Gasteiger partial charge is 0.470 e. The van der Waals surface area contributed by atoms with Crippen LogP contribution in [0.1, 0.15) is 59.8 Å². The van der Waals surface area contributed by atoms with E-state index in [0.717, 1.165) is 0 Å². The van der Waals surface area contributed by atoms with Crippen molar-refractivity contribution in [1.82, 2.24) is 14.8 Å². The predicted molar refractivity (Wildman–Crippen MR) is 148 cm³/mol. The zero-order valence-corrected chi connectivity index (χ0v) is 24.2. The monoisotopic (exact) mass is 571 g/mol. The van der Waals surface area contributed by atoms with Gasteiger partial charge in [0.15, 0.2) is 11.4 Å². The van der Waals surface area contributed by atoms with Gasteiger partial charge in [-0.05, 0) is 47.9 Å². The maximum atomic E-state index is 13.9. The second-order valence-electron chi connectivity index (χ2n) is 12.6. The van der Waals surface area contributed by atoms with Crippen molar-refractivity contribution in [3.8, 4) is 5.88 Å². The highest BCUT2D eigenvalue weighted by Gasteiger charge is 2.61. The van der Waals surface area contributed by atoms with E-state index >= 15 is 0 Å². The summed E-state index contributed by atoms with van der Waals surface area (Å²) in [5.41, 5.74) is -0.961. The zero-order valence-electron chi connectivity index (χ0n) is 23.4. The smallest absolute Gasteiger partial charge is 0.262 e. The first-order chi connectivity index (χ1) is 18.8. The summed E-state index contributed by atoms with van der Waals surface area (Å²) >= 11 is 0. The van der Waals surface area contributed by atoms with Gasteiger partial charge in [-0.3, -0.25) is 19.1 Å². The van der Waals surface area contributed by atoms with Gasteiger partial charge in [-0.2, -0.15) is 0 Å². The Hall–Kier alpha value is -3.21. The first-order valence-corrected chi connectivity index (χ1v) is 15.3. The lowest BCUT2D eigenvalue weighted by Crippen LogP contribution is -2.47. The van der Waals surface area contributed by atoms with Crippen LogP contribution in [0.15, 0.2) is 41.4 Å². The Balaban J connectivity index is 1.38. The Morgan fingerprint density at radius 1 is 1.27 bits per heavy atom. The normalized spacial score (nSPS) is 27.3. The third kappa shape index (κ3) is 5.27. The molecule has 11 heteroatoms. The van der Waals surface area contributed by atoms with Gasteiger partial charge in [-0.25, -0.2) is 8.42 Å². The van der Waals surface area contributed by atoms with Gasteiger partial charge in [-0.15, -0.1) is 6.58 Å². The summed E-state index contributed by atoms with van der Waals surface area (Å²) in [7, 11) is -3.77. The highest BCUT2D eigenvalue weighted by Crippen LogP contribution is 2.57. The molecular weight excluding hydrogens is 534 g/mol. The van der Waals surface area contributed by atoms with E-state index < -0.39 is 38.7 Å². The van der Waals surface area contributed by atoms with E-state index in [-0.39, 0.29) is 48.3 Å². The number of ketones is 1. The fourth-order valence-electron chi connectivity index (χ4n) is 5.46. The summed E-state index contributed by atoms with van der Waals surface area (Å²) in [5.74, 6) is -1.55. The molecule has 2 heterocycles. The highest BCUT2D eigenvalue weighted by atomic mass is 32.2. The average molecular weight is 572 g/mol. The van der Waals surface area contributed by atoms with Gasteiger partial charge in [0, 0.05) is 18.8 Å². The fourth-order valence-corrected chi connectivity index (χ4v) is 6.85. The molecule has 0 radical (unpaired) electrons. The van der Waals surface area contributed by atoms with Crippen LogP contribution < -0.4 is 9.46 Å². The van der Waals surface area contributed by atoms with Crippen molar-refractivity contribution in [1.29, 1.82) is 0 Å². The van der Waals surface area contributed by atoms with Crippen molar-refractivity contribution in [3.05, 3.63) is 36.9 Å². The van der Waals surface area contributed by atoms with Gasteiger partial charge in [-0.1, -0.05) is 45.9 Å². The molecule has 5 rings (SSSR count). The van der Waals surface area contributed by atoms with Gasteiger partial charge in [0.2, 0.25) is 21.8 Å². The van der Waals surface area contributed by atoms with Crippen molar-refractivity contribution in [3.63, 3.8) is 0 Å². The summed E-state index contributed by atoms with van der Waals surface area (Å²) in [6.45, 7) is 11.7. The maximum Gasteiger partial charge on any atom is 0.262 e. The van der Waals surface area contributed by atoms with Gasteiger partial charge >= 0.3 is 0 Å². The van der Waals surface area contributed by atoms with Crippen LogP contribution in [-0.4, -0.2) is 60.0 Å². The van der Waals surface area contributed by atoms with Crippen molar-refractivity contribution in [2.24, 2.45) is 22.7 Å². The topological polar surface area (TPSA) is 136 Å². The number of aromatic nitrogens is 1. The van der Waals surface area contributed by atoms with Gasteiger partial charge in [0.05, 0.1) is 28.6 Å². The molecule has 216 valence electrons. The van der Waals surface area contributed by atoms with E-state index in [0.29, 0.717) is 36.1 Å². The summed E-state index contributed by atoms with van der Waals surface area (Å²) in [6.07, 6.45) is 2.48. The molecule has 1 aromatic carbocycles. The Morgan fingerprint density at radius 2 is 1.98 bits per heavy atom. The number of amides is 2. The molecule has 40 heavy (non-hydrogen) atoms. The zero-order chi connectivity index (χ0) is 29.0. The summed E-state index contributed by atoms with van der Waals surface area (Å²) < 4.78 is 38.7. The lowest BCUT2D eigenvalue weighted by atomic mass is 9.81. The number of carbonyl (C=O) groups excluding carboxylic acids is 3. The molecule has 0 spiro atoms. The molecule has 3 fully saturated rings. The minimum Gasteiger partial charge on any atom is -0.470 e. The lowest BCUT2D eigenvalue weighted by Gasteiger charge is -2.33. The molecule has 1 aromatic heterocycles. The SMILES string of the molecule is C=CC1C[C@]1(CC(=O)[C@@H]1C[C@@H](Oc2noc3ccccc23)CN1C(=O)[C@@H](C)C(C)(C)C)C(=O)NS(=O)(=O)C1CC1. The Labute approximate surface area is 234 Å². The van der Waals surface area contributed by atoms with Crippen LogP contribution in [0.4, 0.5) is 0 Å². The molecule has 1 N–H and O–H groups in total. The number of hydrogen-bond acceptors (Lipinski definition) is 8. The van der Waals surface area contributed by atoms with Crippen LogP contribution in [-0.2, 0) is 24.4 Å². The number of rotatable bonds is 10. The maximum absolute atomic E-state index is 13.9. The van der Waals surface area contributed by atoms with Gasteiger partial charge in [0.25, 0.3) is 5.88 Å². The molecule has 10 nitrogen and oxygen atoms in total. The Morgan fingerprint density at radius 3 is 2.60 bits per heavy atom. The summed E-state index contributed by atoms with van der Waals surface area (Å²) in [6, 6.07) is 6.44. The van der Waals surface area contributed by atoms with Crippen molar-refractivity contribution < 1.29 is 32.1 Å². The first kappa shape index (κ1) is 28.3. The number of Topliss-reactive ketones (excluding diaryl/α,β-unsaturated/α-hetero) is 1. The predicted octanol–water partition coefficient (Wildman–Crippen LogP) is 3.62. The van der Waals surface area contributed by atoms with Crippen molar-refractivity contribution in [2.45, 2.75) is 77.2 Å². The van der Waals surface area contributed by atoms with Crippen molar-refractivity contribution >= 4 is 38.6 Å². The Bertz CT molecular complexity index is 1460. The van der Waals surface area contributed by atoms with Crippen LogP contribution in [0, 0.1) is 22.7 Å². The average Bonchev–Trinajstić information content (AvgIpc) is 3.80. The molecule has 2 saturated carbocycles. The summed E-state index contributed by atoms with van der Waals surface area (Å²) in [4.78, 5) is 42.4. The number of hydrogen-bond donors (Lipinski definition) is 1. The van der Waals surface area contributed by atoms with Crippen LogP contribution >= 0.6 is 0 Å². The number of benzene rings is 1. The fraction of sp³-hybridized carbons (Fsp3) is 0.586. The molecule has 2 aromatic rings. The first-order valence-electron chi connectivity index (χ1n) is 13.8. The summed E-state index contributed by atoms with van der Waals surface area (Å²) in [5, 5.41) is 4.17. The number of sulfonamides is 1. The number of nitrogens with one attached hydrogen (secondary N) is 1. The molecule has 1 aliphatic heterocycles. The number of ether oxygens (including phenoxy) is 1. The van der Waals surface area contributed by atoms with Gasteiger partial charge in [0.1, 0.15) is 6.10 Å². The second kappa shape index (κ2) is 10.0. The number of para-hydroxylation sites is 1. The quantitative estimate of drug-likeness (QED) is 0.427. The van der Waals surface area contributed by atoms with Crippen LogP contribution in [0.5, 0.6) is 5.88 Å². The minimum atomic E-state index is -3.77. The van der Waals surface area contributed by atoms with E-state index in [9.17, 15) is 22.8 Å². The number of nitrogens with zero attached hydrogens (tertiary/aromatic N) is 2. The highest BCUT2D eigenvalue weighted by molar-refractivity contribution is 7.90. The van der Waals surface area contributed by atoms with E-state index in [1.807, 2.05) is 45.9 Å². The lowest BCUT2D eigenvalue weighted by molar-refractivity contribution is -0.144. The molecule has 2 aliphatic carbocycles. The molecular formula is C29H37N3O7S. The second-order valence-corrected chi connectivity index (χ2v) is 14.5. The minimum absolute atomic E-state index is 0.173. The molecule has 2 amide bonds. The number of allylic oxidation sites excluding steroid dienone is 1. The van der Waals surface area contributed by atoms with E-state index in [1.54, 1.807) is 17.0 Å². The number of likely N-dealkylation sites (tertiary alicyclic amines) is 1. The van der Waals surface area contributed by atoms with Gasteiger partial charge < -0.3 is 14.2 Å². The van der Waals surface area contributed by atoms with Crippen LogP contribution in [0.3, 0.4) is 0 Å². The van der Waals surface area contributed by atoms with Crippen molar-refractivity contribution in [2.75, 3.05) is 6.54 Å². The molecule has 0 bridgehead atoms. The number of carbonyl (C=O) groups is 3. The Kier molecular flexibility index (Phi) is 7.09.